The van der Waals surface area contributed by atoms with Crippen LogP contribution in [-0.2, 0) is 4.79 Å². The molecule has 88 valence electrons. The van der Waals surface area contributed by atoms with E-state index >= 15 is 0 Å². The molecular weight excluding hydrogens is 230 g/mol. The summed E-state index contributed by atoms with van der Waals surface area (Å²) < 4.78 is 5.25. The van der Waals surface area contributed by atoms with Crippen molar-refractivity contribution in [1.29, 1.82) is 0 Å². The van der Waals surface area contributed by atoms with Crippen molar-refractivity contribution in [1.82, 2.24) is 0 Å². The van der Waals surface area contributed by atoms with E-state index in [1.807, 2.05) is 6.92 Å². The second kappa shape index (κ2) is 5.72. The summed E-state index contributed by atoms with van der Waals surface area (Å²) in [5.41, 5.74) is 0.527. The Morgan fingerprint density at radius 3 is 2.81 bits per heavy atom. The average Bonchev–Trinajstić information content (AvgIpc) is 2.22. The molecule has 0 aromatic heterocycles. The molecule has 5 heteroatoms. The molecule has 0 aliphatic carbocycles. The van der Waals surface area contributed by atoms with Crippen molar-refractivity contribution >= 4 is 23.2 Å². The van der Waals surface area contributed by atoms with Gasteiger partial charge >= 0.3 is 0 Å². The van der Waals surface area contributed by atoms with Crippen LogP contribution in [0.3, 0.4) is 0 Å². The summed E-state index contributed by atoms with van der Waals surface area (Å²) in [5.74, 6) is 0.0967. The Bertz CT molecular complexity index is 379. The zero-order chi connectivity index (χ0) is 12.1. The number of halogens is 1. The van der Waals surface area contributed by atoms with Gasteiger partial charge in [0.15, 0.2) is 0 Å². The van der Waals surface area contributed by atoms with Crippen molar-refractivity contribution in [3.63, 3.8) is 0 Å². The topological polar surface area (TPSA) is 58.6 Å². The average molecular weight is 244 g/mol. The Labute approximate surface area is 99.2 Å². The highest BCUT2D eigenvalue weighted by molar-refractivity contribution is 6.32. The van der Waals surface area contributed by atoms with E-state index in [2.05, 4.69) is 5.32 Å². The minimum absolute atomic E-state index is 0.422. The molecule has 1 amide bonds. The molecule has 0 saturated carbocycles. The normalized spacial score (nSPS) is 12.0. The maximum atomic E-state index is 11.2. The van der Waals surface area contributed by atoms with Gasteiger partial charge < -0.3 is 15.2 Å². The second-order valence-corrected chi connectivity index (χ2v) is 3.65. The lowest BCUT2D eigenvalue weighted by Crippen LogP contribution is -2.24. The molecule has 0 bridgehead atoms. The number of rotatable bonds is 4. The Morgan fingerprint density at radius 2 is 2.31 bits per heavy atom. The van der Waals surface area contributed by atoms with Crippen LogP contribution in [0.5, 0.6) is 5.75 Å². The van der Waals surface area contributed by atoms with Crippen LogP contribution in [0.2, 0.25) is 5.02 Å². The zero-order valence-corrected chi connectivity index (χ0v) is 9.91. The van der Waals surface area contributed by atoms with Crippen LogP contribution < -0.4 is 10.1 Å². The van der Waals surface area contributed by atoms with E-state index in [-0.39, 0.29) is 0 Å². The standard InChI is InChI=1S/C11H14ClNO3/c1-3-16-10-5-4-8(6-9(10)12)13-11(15)7(2)14/h4-7,14H,3H2,1-2H3,(H,13,15). The lowest BCUT2D eigenvalue weighted by atomic mass is 10.3. The zero-order valence-electron chi connectivity index (χ0n) is 9.16. The SMILES string of the molecule is CCOc1ccc(NC(=O)C(C)O)cc1Cl. The lowest BCUT2D eigenvalue weighted by Gasteiger charge is -2.10. The first-order valence-electron chi connectivity index (χ1n) is 4.96. The van der Waals surface area contributed by atoms with Crippen LogP contribution in [0.1, 0.15) is 13.8 Å². The molecule has 1 aromatic carbocycles. The van der Waals surface area contributed by atoms with E-state index in [0.717, 1.165) is 0 Å². The number of hydrogen-bond donors (Lipinski definition) is 2. The molecule has 16 heavy (non-hydrogen) atoms. The fraction of sp³-hybridized carbons (Fsp3) is 0.364. The number of nitrogens with one attached hydrogen (secondary N) is 1. The summed E-state index contributed by atoms with van der Waals surface area (Å²) in [6.07, 6.45) is -1.05. The third-order valence-corrected chi connectivity index (χ3v) is 2.17. The Morgan fingerprint density at radius 1 is 1.62 bits per heavy atom. The van der Waals surface area contributed by atoms with Crippen molar-refractivity contribution in [2.24, 2.45) is 0 Å². The highest BCUT2D eigenvalue weighted by atomic mass is 35.5. The van der Waals surface area contributed by atoms with Crippen molar-refractivity contribution in [3.05, 3.63) is 23.2 Å². The number of amides is 1. The van der Waals surface area contributed by atoms with Gasteiger partial charge in [0.25, 0.3) is 5.91 Å². The van der Waals surface area contributed by atoms with E-state index < -0.39 is 12.0 Å². The van der Waals surface area contributed by atoms with Crippen molar-refractivity contribution in [3.8, 4) is 5.75 Å². The fourth-order valence-corrected chi connectivity index (χ4v) is 1.33. The van der Waals surface area contributed by atoms with Crippen LogP contribution in [0.25, 0.3) is 0 Å². The van der Waals surface area contributed by atoms with Crippen LogP contribution in [0, 0.1) is 0 Å². The minimum atomic E-state index is -1.05. The molecule has 1 aromatic rings. The van der Waals surface area contributed by atoms with E-state index in [1.54, 1.807) is 18.2 Å². The summed E-state index contributed by atoms with van der Waals surface area (Å²) in [6.45, 7) is 3.78. The van der Waals surface area contributed by atoms with Gasteiger partial charge in [-0.05, 0) is 32.0 Å². The monoisotopic (exact) mass is 243 g/mol. The van der Waals surface area contributed by atoms with Gasteiger partial charge in [-0.15, -0.1) is 0 Å². The molecule has 0 fully saturated rings. The maximum Gasteiger partial charge on any atom is 0.252 e. The first-order chi connectivity index (χ1) is 7.54. The molecule has 2 N–H and O–H groups in total. The lowest BCUT2D eigenvalue weighted by molar-refractivity contribution is -0.123. The van der Waals surface area contributed by atoms with E-state index in [9.17, 15) is 4.79 Å². The molecule has 0 heterocycles. The Balaban J connectivity index is 2.77. The third kappa shape index (κ3) is 3.40. The molecule has 0 aliphatic heterocycles. The molecule has 1 atom stereocenters. The number of hydrogen-bond acceptors (Lipinski definition) is 3. The van der Waals surface area contributed by atoms with Gasteiger partial charge in [0.2, 0.25) is 0 Å². The molecular formula is C11H14ClNO3. The number of anilines is 1. The van der Waals surface area contributed by atoms with Crippen molar-refractivity contribution in [2.45, 2.75) is 20.0 Å². The van der Waals surface area contributed by atoms with Crippen LogP contribution in [0.15, 0.2) is 18.2 Å². The number of aliphatic hydroxyl groups is 1. The van der Waals surface area contributed by atoms with Gasteiger partial charge in [-0.1, -0.05) is 11.6 Å². The van der Waals surface area contributed by atoms with Crippen LogP contribution in [-0.4, -0.2) is 23.7 Å². The predicted molar refractivity (Wildman–Crippen MR) is 62.9 cm³/mol. The quantitative estimate of drug-likeness (QED) is 0.851. The number of carbonyl (C=O) groups is 1. The molecule has 0 aliphatic rings. The highest BCUT2D eigenvalue weighted by Crippen LogP contribution is 2.27. The minimum Gasteiger partial charge on any atom is -0.492 e. The molecule has 0 saturated heterocycles. The second-order valence-electron chi connectivity index (χ2n) is 3.24. The number of carbonyl (C=O) groups excluding carboxylic acids is 1. The molecule has 0 radical (unpaired) electrons. The number of benzene rings is 1. The molecule has 1 rings (SSSR count). The summed E-state index contributed by atoms with van der Waals surface area (Å²) >= 11 is 5.93. The van der Waals surface area contributed by atoms with E-state index in [0.29, 0.717) is 23.1 Å². The van der Waals surface area contributed by atoms with E-state index in [4.69, 9.17) is 21.4 Å². The smallest absolute Gasteiger partial charge is 0.252 e. The predicted octanol–water partition coefficient (Wildman–Crippen LogP) is 2.06. The number of ether oxygens (including phenoxy) is 1. The number of aliphatic hydroxyl groups excluding tert-OH is 1. The van der Waals surface area contributed by atoms with Gasteiger partial charge in [-0.3, -0.25) is 4.79 Å². The Hall–Kier alpha value is -1.26. The molecule has 4 nitrogen and oxygen atoms in total. The third-order valence-electron chi connectivity index (χ3n) is 1.88. The summed E-state index contributed by atoms with van der Waals surface area (Å²) in [6, 6.07) is 4.91. The fourth-order valence-electron chi connectivity index (χ4n) is 1.10. The van der Waals surface area contributed by atoms with Gasteiger partial charge in [0.1, 0.15) is 11.9 Å². The van der Waals surface area contributed by atoms with Crippen LogP contribution >= 0.6 is 11.6 Å². The van der Waals surface area contributed by atoms with Crippen LogP contribution in [0.4, 0.5) is 5.69 Å². The first kappa shape index (κ1) is 12.8. The highest BCUT2D eigenvalue weighted by Gasteiger charge is 2.10. The molecule has 1 unspecified atom stereocenters. The van der Waals surface area contributed by atoms with Crippen molar-refractivity contribution in [2.75, 3.05) is 11.9 Å². The van der Waals surface area contributed by atoms with Gasteiger partial charge in [0.05, 0.1) is 11.6 Å². The van der Waals surface area contributed by atoms with Crippen molar-refractivity contribution < 1.29 is 14.6 Å². The largest absolute Gasteiger partial charge is 0.492 e. The molecule has 0 spiro atoms. The van der Waals surface area contributed by atoms with E-state index in [1.165, 1.54) is 6.92 Å². The summed E-state index contributed by atoms with van der Waals surface area (Å²) in [5, 5.41) is 12.0. The van der Waals surface area contributed by atoms with Gasteiger partial charge in [-0.2, -0.15) is 0 Å². The first-order valence-corrected chi connectivity index (χ1v) is 5.33. The van der Waals surface area contributed by atoms with Gasteiger partial charge in [-0.25, -0.2) is 0 Å². The summed E-state index contributed by atoms with van der Waals surface area (Å²) in [4.78, 5) is 11.2. The maximum absolute atomic E-state index is 11.2. The van der Waals surface area contributed by atoms with Gasteiger partial charge in [0, 0.05) is 5.69 Å². The summed E-state index contributed by atoms with van der Waals surface area (Å²) in [7, 11) is 0. The Kier molecular flexibility index (Phi) is 4.58.